The van der Waals surface area contributed by atoms with E-state index in [0.717, 1.165) is 5.82 Å². The predicted octanol–water partition coefficient (Wildman–Crippen LogP) is 3.39. The second-order valence-corrected chi connectivity index (χ2v) is 5.07. The molecule has 0 bridgehead atoms. The van der Waals surface area contributed by atoms with Gasteiger partial charge in [0.2, 0.25) is 5.91 Å². The summed E-state index contributed by atoms with van der Waals surface area (Å²) in [5.41, 5.74) is 0.707. The highest BCUT2D eigenvalue weighted by molar-refractivity contribution is 6.34. The van der Waals surface area contributed by atoms with Crippen molar-refractivity contribution in [2.24, 2.45) is 0 Å². The van der Waals surface area contributed by atoms with E-state index in [0.29, 0.717) is 22.2 Å². The Labute approximate surface area is 127 Å². The molecule has 0 fully saturated rings. The first-order chi connectivity index (χ1) is 9.56. The zero-order chi connectivity index (χ0) is 14.5. The lowest BCUT2D eigenvalue weighted by Crippen LogP contribution is -2.24. The summed E-state index contributed by atoms with van der Waals surface area (Å²) in [7, 11) is 1.70. The Hall–Kier alpha value is -1.78. The number of hydrogen-bond acceptors (Lipinski definition) is 2. The fourth-order valence-corrected chi connectivity index (χ4v) is 1.98. The van der Waals surface area contributed by atoms with Gasteiger partial charge in [-0.25, -0.2) is 4.98 Å². The number of amides is 1. The molecule has 1 N–H and O–H groups in total. The molecule has 1 heterocycles. The number of nitrogens with one attached hydrogen (secondary N) is 1. The van der Waals surface area contributed by atoms with Gasteiger partial charge in [0.1, 0.15) is 5.82 Å². The van der Waals surface area contributed by atoms with Crippen LogP contribution < -0.4 is 0 Å². The molecular formula is C14H13Cl2N3O. The van der Waals surface area contributed by atoms with Gasteiger partial charge in [0.05, 0.1) is 6.54 Å². The Kier molecular flexibility index (Phi) is 4.82. The summed E-state index contributed by atoms with van der Waals surface area (Å²) in [6.07, 6.45) is 6.47. The first kappa shape index (κ1) is 14.6. The van der Waals surface area contributed by atoms with E-state index in [2.05, 4.69) is 9.97 Å². The SMILES string of the molecule is CN(Cc1ncc[nH]1)C(=O)C=Cc1cc(Cl)ccc1Cl. The van der Waals surface area contributed by atoms with Gasteiger partial charge in [-0.15, -0.1) is 0 Å². The van der Waals surface area contributed by atoms with Crippen LogP contribution in [0.2, 0.25) is 10.0 Å². The molecule has 6 heteroatoms. The van der Waals surface area contributed by atoms with E-state index in [1.807, 2.05) is 0 Å². The average molecular weight is 310 g/mol. The molecule has 0 saturated carbocycles. The molecule has 1 amide bonds. The van der Waals surface area contributed by atoms with E-state index in [-0.39, 0.29) is 5.91 Å². The minimum atomic E-state index is -0.141. The van der Waals surface area contributed by atoms with Crippen molar-refractivity contribution < 1.29 is 4.79 Å². The fraction of sp³-hybridized carbons (Fsp3) is 0.143. The molecule has 0 aliphatic carbocycles. The van der Waals surface area contributed by atoms with E-state index in [1.54, 1.807) is 48.6 Å². The molecule has 0 aliphatic heterocycles. The Morgan fingerprint density at radius 3 is 2.95 bits per heavy atom. The molecule has 0 spiro atoms. The van der Waals surface area contributed by atoms with Gasteiger partial charge in [-0.1, -0.05) is 23.2 Å². The maximum absolute atomic E-state index is 12.0. The molecule has 0 radical (unpaired) electrons. The molecule has 4 nitrogen and oxygen atoms in total. The van der Waals surface area contributed by atoms with Gasteiger partial charge < -0.3 is 9.88 Å². The van der Waals surface area contributed by atoms with Crippen LogP contribution in [0.15, 0.2) is 36.7 Å². The predicted molar refractivity (Wildman–Crippen MR) is 80.6 cm³/mol. The van der Waals surface area contributed by atoms with Crippen LogP contribution in [0.1, 0.15) is 11.4 Å². The summed E-state index contributed by atoms with van der Waals surface area (Å²) in [6, 6.07) is 5.10. The van der Waals surface area contributed by atoms with Crippen molar-refractivity contribution in [1.82, 2.24) is 14.9 Å². The number of rotatable bonds is 4. The standard InChI is InChI=1S/C14H13Cl2N3O/c1-19(9-13-17-6-7-18-13)14(20)5-2-10-8-11(15)3-4-12(10)16/h2-8H,9H2,1H3,(H,17,18). The first-order valence-electron chi connectivity index (χ1n) is 5.93. The minimum Gasteiger partial charge on any atom is -0.347 e. The lowest BCUT2D eigenvalue weighted by atomic mass is 10.2. The van der Waals surface area contributed by atoms with Crippen molar-refractivity contribution in [3.05, 3.63) is 58.1 Å². The normalized spacial score (nSPS) is 10.9. The van der Waals surface area contributed by atoms with Crippen LogP contribution in [0.3, 0.4) is 0 Å². The molecular weight excluding hydrogens is 297 g/mol. The van der Waals surface area contributed by atoms with E-state index in [4.69, 9.17) is 23.2 Å². The van der Waals surface area contributed by atoms with Crippen LogP contribution >= 0.6 is 23.2 Å². The van der Waals surface area contributed by atoms with Crippen LogP contribution in [-0.4, -0.2) is 27.8 Å². The molecule has 1 aromatic carbocycles. The number of carbonyl (C=O) groups excluding carboxylic acids is 1. The lowest BCUT2D eigenvalue weighted by molar-refractivity contribution is -0.125. The molecule has 104 valence electrons. The summed E-state index contributed by atoms with van der Waals surface area (Å²) in [5.74, 6) is 0.590. The highest BCUT2D eigenvalue weighted by atomic mass is 35.5. The van der Waals surface area contributed by atoms with Gasteiger partial charge >= 0.3 is 0 Å². The summed E-state index contributed by atoms with van der Waals surface area (Å²) in [6.45, 7) is 0.416. The smallest absolute Gasteiger partial charge is 0.246 e. The highest BCUT2D eigenvalue weighted by Gasteiger charge is 2.07. The van der Waals surface area contributed by atoms with Gasteiger partial charge in [0.25, 0.3) is 0 Å². The number of nitrogens with zero attached hydrogens (tertiary/aromatic N) is 2. The Morgan fingerprint density at radius 2 is 2.25 bits per heavy atom. The van der Waals surface area contributed by atoms with Gasteiger partial charge in [-0.2, -0.15) is 0 Å². The number of aromatic nitrogens is 2. The summed E-state index contributed by atoms with van der Waals surface area (Å²) < 4.78 is 0. The van der Waals surface area contributed by atoms with Crippen LogP contribution in [0.5, 0.6) is 0 Å². The number of hydrogen-bond donors (Lipinski definition) is 1. The summed E-state index contributed by atoms with van der Waals surface area (Å²) >= 11 is 11.9. The molecule has 2 rings (SSSR count). The maximum Gasteiger partial charge on any atom is 0.246 e. The molecule has 1 aromatic heterocycles. The second-order valence-electron chi connectivity index (χ2n) is 4.23. The van der Waals surface area contributed by atoms with Gasteiger partial charge in [-0.05, 0) is 29.8 Å². The number of benzene rings is 1. The van der Waals surface area contributed by atoms with Crippen molar-refractivity contribution >= 4 is 35.2 Å². The van der Waals surface area contributed by atoms with Crippen LogP contribution in [0, 0.1) is 0 Å². The van der Waals surface area contributed by atoms with Crippen LogP contribution in [-0.2, 0) is 11.3 Å². The molecule has 0 atom stereocenters. The van der Waals surface area contributed by atoms with Gasteiger partial charge in [-0.3, -0.25) is 4.79 Å². The Balaban J connectivity index is 2.03. The van der Waals surface area contributed by atoms with E-state index in [1.165, 1.54) is 6.08 Å². The van der Waals surface area contributed by atoms with Crippen molar-refractivity contribution in [3.8, 4) is 0 Å². The van der Waals surface area contributed by atoms with E-state index < -0.39 is 0 Å². The zero-order valence-electron chi connectivity index (χ0n) is 10.8. The Morgan fingerprint density at radius 1 is 1.45 bits per heavy atom. The third-order valence-corrected chi connectivity index (χ3v) is 3.26. The zero-order valence-corrected chi connectivity index (χ0v) is 12.3. The molecule has 2 aromatic rings. The summed E-state index contributed by atoms with van der Waals surface area (Å²) in [5, 5.41) is 1.12. The number of imidazole rings is 1. The molecule has 0 unspecified atom stereocenters. The van der Waals surface area contributed by atoms with Gasteiger partial charge in [0, 0.05) is 35.6 Å². The van der Waals surface area contributed by atoms with E-state index >= 15 is 0 Å². The van der Waals surface area contributed by atoms with Gasteiger partial charge in [0.15, 0.2) is 0 Å². The topological polar surface area (TPSA) is 49.0 Å². The van der Waals surface area contributed by atoms with Crippen molar-refractivity contribution in [2.45, 2.75) is 6.54 Å². The fourth-order valence-electron chi connectivity index (χ4n) is 1.62. The first-order valence-corrected chi connectivity index (χ1v) is 6.68. The average Bonchev–Trinajstić information content (AvgIpc) is 2.92. The van der Waals surface area contributed by atoms with Crippen LogP contribution in [0.4, 0.5) is 0 Å². The highest BCUT2D eigenvalue weighted by Crippen LogP contribution is 2.21. The lowest BCUT2D eigenvalue weighted by Gasteiger charge is -2.13. The number of likely N-dealkylation sites (N-methyl/N-ethyl adjacent to an activating group) is 1. The van der Waals surface area contributed by atoms with Crippen molar-refractivity contribution in [1.29, 1.82) is 0 Å². The van der Waals surface area contributed by atoms with Crippen molar-refractivity contribution in [3.63, 3.8) is 0 Å². The number of H-pyrrole nitrogens is 1. The molecule has 0 aliphatic rings. The minimum absolute atomic E-state index is 0.141. The Bertz CT molecular complexity index is 623. The van der Waals surface area contributed by atoms with E-state index in [9.17, 15) is 4.79 Å². The third-order valence-electron chi connectivity index (χ3n) is 2.68. The largest absolute Gasteiger partial charge is 0.347 e. The monoisotopic (exact) mass is 309 g/mol. The quantitative estimate of drug-likeness (QED) is 0.880. The summed E-state index contributed by atoms with van der Waals surface area (Å²) in [4.78, 5) is 20.5. The number of halogens is 2. The van der Waals surface area contributed by atoms with Crippen molar-refractivity contribution in [2.75, 3.05) is 7.05 Å². The second kappa shape index (κ2) is 6.59. The molecule has 0 saturated heterocycles. The maximum atomic E-state index is 12.0. The molecule has 20 heavy (non-hydrogen) atoms. The number of carbonyl (C=O) groups is 1. The van der Waals surface area contributed by atoms with Crippen LogP contribution in [0.25, 0.3) is 6.08 Å². The third kappa shape index (κ3) is 3.85. The number of aromatic amines is 1.